The summed E-state index contributed by atoms with van der Waals surface area (Å²) in [6.45, 7) is 2.31. The zero-order valence-corrected chi connectivity index (χ0v) is 8.16. The summed E-state index contributed by atoms with van der Waals surface area (Å²) in [6, 6.07) is 10.7. The molecule has 1 aromatic rings. The smallest absolute Gasteiger partial charge is 0.0228 e. The quantitative estimate of drug-likeness (QED) is 0.603. The van der Waals surface area contributed by atoms with Crippen LogP contribution in [0.4, 0.5) is 0 Å². The average Bonchev–Trinajstić information content (AvgIpc) is 2.19. The Hall–Kier alpha value is -1.04. The second kappa shape index (κ2) is 3.78. The highest BCUT2D eigenvalue weighted by molar-refractivity contribution is 5.66. The summed E-state index contributed by atoms with van der Waals surface area (Å²) in [6.07, 6.45) is 6.39. The molecule has 2 rings (SSSR count). The average molecular weight is 172 g/mol. The summed E-state index contributed by atoms with van der Waals surface area (Å²) < 4.78 is 0. The third-order valence-electron chi connectivity index (χ3n) is 2.74. The zero-order chi connectivity index (χ0) is 9.10. The molecule has 0 nitrogen and oxygen atoms in total. The Balaban J connectivity index is 2.26. The Kier molecular flexibility index (Phi) is 2.49. The fraction of sp³-hybridized carbons (Fsp3) is 0.385. The molecule has 0 radical (unpaired) electrons. The molecular formula is C13H16. The van der Waals surface area contributed by atoms with E-state index in [4.69, 9.17) is 0 Å². The minimum absolute atomic E-state index is 0.768. The van der Waals surface area contributed by atoms with Gasteiger partial charge in [0.25, 0.3) is 0 Å². The molecule has 0 heteroatoms. The van der Waals surface area contributed by atoms with Crippen LogP contribution in [-0.4, -0.2) is 0 Å². The van der Waals surface area contributed by atoms with E-state index in [0.717, 1.165) is 5.92 Å². The Morgan fingerprint density at radius 3 is 2.62 bits per heavy atom. The van der Waals surface area contributed by atoms with E-state index < -0.39 is 0 Å². The Labute approximate surface area is 80.3 Å². The molecule has 1 aromatic carbocycles. The van der Waals surface area contributed by atoms with Gasteiger partial charge in [0.1, 0.15) is 0 Å². The predicted octanol–water partition coefficient (Wildman–Crippen LogP) is 3.89. The van der Waals surface area contributed by atoms with Gasteiger partial charge in [0.2, 0.25) is 0 Å². The van der Waals surface area contributed by atoms with Crippen molar-refractivity contribution >= 4 is 5.57 Å². The van der Waals surface area contributed by atoms with Crippen molar-refractivity contribution in [1.82, 2.24) is 0 Å². The molecule has 0 bridgehead atoms. The first-order valence-electron chi connectivity index (χ1n) is 5.12. The largest absolute Gasteiger partial charge is 0.0779 e. The van der Waals surface area contributed by atoms with Gasteiger partial charge in [-0.2, -0.15) is 0 Å². The van der Waals surface area contributed by atoms with Crippen LogP contribution in [0, 0.1) is 5.92 Å². The SMILES string of the molecule is CC1C=C(c2ccccc2)CCC1. The number of rotatable bonds is 1. The highest BCUT2D eigenvalue weighted by Gasteiger charge is 2.10. The molecule has 0 aromatic heterocycles. The van der Waals surface area contributed by atoms with E-state index >= 15 is 0 Å². The van der Waals surface area contributed by atoms with Crippen molar-refractivity contribution in [2.45, 2.75) is 26.2 Å². The van der Waals surface area contributed by atoms with Crippen LogP contribution in [0.2, 0.25) is 0 Å². The maximum absolute atomic E-state index is 2.43. The first kappa shape index (κ1) is 8.55. The van der Waals surface area contributed by atoms with E-state index in [2.05, 4.69) is 43.3 Å². The van der Waals surface area contributed by atoms with Crippen LogP contribution < -0.4 is 0 Å². The molecule has 0 heterocycles. The summed E-state index contributed by atoms with van der Waals surface area (Å²) in [7, 11) is 0. The van der Waals surface area contributed by atoms with Crippen LogP contribution in [0.3, 0.4) is 0 Å². The van der Waals surface area contributed by atoms with Gasteiger partial charge in [0.05, 0.1) is 0 Å². The van der Waals surface area contributed by atoms with Crippen molar-refractivity contribution in [2.75, 3.05) is 0 Å². The predicted molar refractivity (Wildman–Crippen MR) is 57.4 cm³/mol. The lowest BCUT2D eigenvalue weighted by molar-refractivity contribution is 0.593. The van der Waals surface area contributed by atoms with Crippen molar-refractivity contribution in [2.24, 2.45) is 5.92 Å². The standard InChI is InChI=1S/C13H16/c1-11-6-5-9-13(10-11)12-7-3-2-4-8-12/h2-4,7-8,10-11H,5-6,9H2,1H3. The van der Waals surface area contributed by atoms with E-state index in [1.165, 1.54) is 24.8 Å². The molecule has 0 amide bonds. The van der Waals surface area contributed by atoms with Crippen molar-refractivity contribution < 1.29 is 0 Å². The van der Waals surface area contributed by atoms with E-state index in [1.807, 2.05) is 0 Å². The van der Waals surface area contributed by atoms with Crippen LogP contribution in [0.25, 0.3) is 5.57 Å². The summed E-state index contributed by atoms with van der Waals surface area (Å²) >= 11 is 0. The molecule has 1 atom stereocenters. The summed E-state index contributed by atoms with van der Waals surface area (Å²) in [5.41, 5.74) is 2.95. The zero-order valence-electron chi connectivity index (χ0n) is 8.16. The minimum Gasteiger partial charge on any atom is -0.0779 e. The maximum Gasteiger partial charge on any atom is -0.0228 e. The summed E-state index contributed by atoms with van der Waals surface area (Å²) in [4.78, 5) is 0. The molecule has 0 fully saturated rings. The molecule has 0 aliphatic heterocycles. The lowest BCUT2D eigenvalue weighted by Crippen LogP contribution is -1.99. The van der Waals surface area contributed by atoms with Crippen LogP contribution in [0.1, 0.15) is 31.7 Å². The van der Waals surface area contributed by atoms with Crippen molar-refractivity contribution in [3.05, 3.63) is 42.0 Å². The Morgan fingerprint density at radius 2 is 1.92 bits per heavy atom. The molecule has 1 aliphatic rings. The van der Waals surface area contributed by atoms with Crippen LogP contribution in [0.15, 0.2) is 36.4 Å². The van der Waals surface area contributed by atoms with Gasteiger partial charge < -0.3 is 0 Å². The van der Waals surface area contributed by atoms with E-state index in [0.29, 0.717) is 0 Å². The van der Waals surface area contributed by atoms with Gasteiger partial charge in [-0.25, -0.2) is 0 Å². The second-order valence-corrected chi connectivity index (χ2v) is 3.93. The van der Waals surface area contributed by atoms with Gasteiger partial charge in [0, 0.05) is 0 Å². The fourth-order valence-corrected chi connectivity index (χ4v) is 2.02. The Morgan fingerprint density at radius 1 is 1.15 bits per heavy atom. The van der Waals surface area contributed by atoms with Crippen LogP contribution in [-0.2, 0) is 0 Å². The lowest BCUT2D eigenvalue weighted by Gasteiger charge is -2.17. The second-order valence-electron chi connectivity index (χ2n) is 3.93. The fourth-order valence-electron chi connectivity index (χ4n) is 2.02. The van der Waals surface area contributed by atoms with Crippen LogP contribution in [0.5, 0.6) is 0 Å². The van der Waals surface area contributed by atoms with E-state index in [-0.39, 0.29) is 0 Å². The maximum atomic E-state index is 2.43. The molecule has 0 spiro atoms. The van der Waals surface area contributed by atoms with Gasteiger partial charge in [-0.15, -0.1) is 0 Å². The first-order chi connectivity index (χ1) is 6.36. The molecule has 0 saturated carbocycles. The minimum atomic E-state index is 0.768. The third-order valence-corrected chi connectivity index (χ3v) is 2.74. The monoisotopic (exact) mass is 172 g/mol. The normalized spacial score (nSPS) is 22.5. The van der Waals surface area contributed by atoms with Gasteiger partial charge in [-0.3, -0.25) is 0 Å². The molecule has 13 heavy (non-hydrogen) atoms. The summed E-state index contributed by atoms with van der Waals surface area (Å²) in [5.74, 6) is 0.768. The molecule has 0 saturated heterocycles. The third kappa shape index (κ3) is 2.00. The van der Waals surface area contributed by atoms with Gasteiger partial charge in [-0.05, 0) is 36.3 Å². The Bertz CT molecular complexity index is 295. The highest BCUT2D eigenvalue weighted by Crippen LogP contribution is 2.29. The van der Waals surface area contributed by atoms with E-state index in [1.54, 1.807) is 5.57 Å². The van der Waals surface area contributed by atoms with Gasteiger partial charge in [0.15, 0.2) is 0 Å². The topological polar surface area (TPSA) is 0 Å². The van der Waals surface area contributed by atoms with Crippen molar-refractivity contribution in [3.8, 4) is 0 Å². The highest BCUT2D eigenvalue weighted by atomic mass is 14.1. The van der Waals surface area contributed by atoms with Gasteiger partial charge >= 0.3 is 0 Å². The summed E-state index contributed by atoms with van der Waals surface area (Å²) in [5, 5.41) is 0. The molecule has 0 N–H and O–H groups in total. The molecule has 1 aliphatic carbocycles. The van der Waals surface area contributed by atoms with Crippen molar-refractivity contribution in [3.63, 3.8) is 0 Å². The molecule has 68 valence electrons. The van der Waals surface area contributed by atoms with Crippen LogP contribution >= 0.6 is 0 Å². The first-order valence-corrected chi connectivity index (χ1v) is 5.12. The number of hydrogen-bond acceptors (Lipinski definition) is 0. The number of benzene rings is 1. The lowest BCUT2D eigenvalue weighted by atomic mass is 9.88. The molecule has 1 unspecified atom stereocenters. The van der Waals surface area contributed by atoms with E-state index in [9.17, 15) is 0 Å². The number of hydrogen-bond donors (Lipinski definition) is 0. The van der Waals surface area contributed by atoms with Gasteiger partial charge in [-0.1, -0.05) is 43.3 Å². The molecular weight excluding hydrogens is 156 g/mol. The van der Waals surface area contributed by atoms with Crippen molar-refractivity contribution in [1.29, 1.82) is 0 Å². The number of allylic oxidation sites excluding steroid dienone is 2.